The van der Waals surface area contributed by atoms with Crippen molar-refractivity contribution in [3.05, 3.63) is 28.8 Å². The van der Waals surface area contributed by atoms with E-state index in [-0.39, 0.29) is 0 Å². The zero-order chi connectivity index (χ0) is 15.3. The normalized spacial score (nSPS) is 11.4. The predicted molar refractivity (Wildman–Crippen MR) is 89.8 cm³/mol. The lowest BCUT2D eigenvalue weighted by Gasteiger charge is -2.30. The molecule has 0 aliphatic heterocycles. The van der Waals surface area contributed by atoms with Crippen molar-refractivity contribution in [2.45, 2.75) is 39.8 Å². The van der Waals surface area contributed by atoms with E-state index in [0.717, 1.165) is 12.1 Å². The van der Waals surface area contributed by atoms with Gasteiger partial charge in [-0.1, -0.05) is 23.8 Å². The summed E-state index contributed by atoms with van der Waals surface area (Å²) >= 11 is 11.1. The van der Waals surface area contributed by atoms with Crippen molar-refractivity contribution in [2.75, 3.05) is 13.2 Å². The average Bonchev–Trinajstić information content (AvgIpc) is 2.34. The van der Waals surface area contributed by atoms with Gasteiger partial charge in [-0.05, 0) is 45.9 Å². The van der Waals surface area contributed by atoms with Gasteiger partial charge in [0.25, 0.3) is 0 Å². The Morgan fingerprint density at radius 1 is 1.30 bits per heavy atom. The van der Waals surface area contributed by atoms with E-state index in [9.17, 15) is 0 Å². The molecule has 1 aromatic carbocycles. The molecule has 0 bridgehead atoms. The van der Waals surface area contributed by atoms with E-state index in [1.54, 1.807) is 6.07 Å². The number of halogens is 1. The van der Waals surface area contributed by atoms with Crippen LogP contribution in [0.1, 0.15) is 33.3 Å². The first-order valence-electron chi connectivity index (χ1n) is 6.80. The van der Waals surface area contributed by atoms with Gasteiger partial charge in [-0.25, -0.2) is 0 Å². The Morgan fingerprint density at radius 3 is 2.35 bits per heavy atom. The van der Waals surface area contributed by atoms with Crippen molar-refractivity contribution >= 4 is 28.8 Å². The summed E-state index contributed by atoms with van der Waals surface area (Å²) in [6.45, 7) is 10.2. The highest BCUT2D eigenvalue weighted by Crippen LogP contribution is 2.25. The molecule has 0 aromatic heterocycles. The second kappa shape index (κ2) is 7.81. The van der Waals surface area contributed by atoms with E-state index in [4.69, 9.17) is 34.3 Å². The monoisotopic (exact) mass is 314 g/mol. The lowest BCUT2D eigenvalue weighted by molar-refractivity contribution is 0.142. The van der Waals surface area contributed by atoms with Crippen LogP contribution < -0.4 is 10.5 Å². The molecule has 0 radical (unpaired) electrons. The summed E-state index contributed by atoms with van der Waals surface area (Å²) in [6.07, 6.45) is 0. The number of hydrogen-bond donors (Lipinski definition) is 1. The van der Waals surface area contributed by atoms with Gasteiger partial charge in [-0.3, -0.25) is 4.90 Å². The number of thiocarbonyl (C=S) groups is 1. The minimum Gasteiger partial charge on any atom is -0.491 e. The number of hydrogen-bond acceptors (Lipinski definition) is 3. The fraction of sp³-hybridized carbons (Fsp3) is 0.533. The molecule has 2 N–H and O–H groups in total. The Bertz CT molecular complexity index is 455. The molecular weight excluding hydrogens is 292 g/mol. The smallest absolute Gasteiger partial charge is 0.137 e. The SMILES string of the molecule is CC(C)N(CCOc1ccc(C(N)=S)cc1Cl)C(C)C. The molecule has 0 heterocycles. The minimum atomic E-state index is 0.337. The summed E-state index contributed by atoms with van der Waals surface area (Å²) in [6, 6.07) is 6.36. The van der Waals surface area contributed by atoms with E-state index in [0.29, 0.717) is 34.5 Å². The Hall–Kier alpha value is -0.840. The fourth-order valence-electron chi connectivity index (χ4n) is 2.14. The van der Waals surface area contributed by atoms with Gasteiger partial charge in [0.2, 0.25) is 0 Å². The molecule has 1 rings (SSSR count). The highest BCUT2D eigenvalue weighted by Gasteiger charge is 2.13. The second-order valence-electron chi connectivity index (χ2n) is 5.28. The maximum absolute atomic E-state index is 6.16. The molecule has 0 aliphatic rings. The van der Waals surface area contributed by atoms with Crippen LogP contribution in [0, 0.1) is 0 Å². The van der Waals surface area contributed by atoms with E-state index >= 15 is 0 Å². The van der Waals surface area contributed by atoms with Crippen LogP contribution in [0.5, 0.6) is 5.75 Å². The van der Waals surface area contributed by atoms with E-state index in [2.05, 4.69) is 32.6 Å². The first-order chi connectivity index (χ1) is 9.32. The Morgan fingerprint density at radius 2 is 1.90 bits per heavy atom. The summed E-state index contributed by atoms with van der Waals surface area (Å²) in [5.41, 5.74) is 6.32. The first-order valence-corrected chi connectivity index (χ1v) is 7.59. The molecule has 0 saturated carbocycles. The molecule has 0 spiro atoms. The highest BCUT2D eigenvalue weighted by molar-refractivity contribution is 7.80. The zero-order valence-electron chi connectivity index (χ0n) is 12.5. The van der Waals surface area contributed by atoms with Gasteiger partial charge < -0.3 is 10.5 Å². The van der Waals surface area contributed by atoms with Crippen LogP contribution in [0.15, 0.2) is 18.2 Å². The number of benzene rings is 1. The van der Waals surface area contributed by atoms with Gasteiger partial charge in [0.05, 0.1) is 5.02 Å². The van der Waals surface area contributed by atoms with Gasteiger partial charge in [-0.15, -0.1) is 0 Å². The highest BCUT2D eigenvalue weighted by atomic mass is 35.5. The van der Waals surface area contributed by atoms with Crippen LogP contribution in [0.4, 0.5) is 0 Å². The van der Waals surface area contributed by atoms with Crippen LogP contribution >= 0.6 is 23.8 Å². The van der Waals surface area contributed by atoms with E-state index < -0.39 is 0 Å². The van der Waals surface area contributed by atoms with E-state index in [1.807, 2.05) is 12.1 Å². The van der Waals surface area contributed by atoms with Gasteiger partial charge in [0.1, 0.15) is 17.3 Å². The van der Waals surface area contributed by atoms with Crippen LogP contribution in [0.2, 0.25) is 5.02 Å². The quantitative estimate of drug-likeness (QED) is 0.782. The molecule has 0 aliphatic carbocycles. The van der Waals surface area contributed by atoms with Gasteiger partial charge >= 0.3 is 0 Å². The topological polar surface area (TPSA) is 38.5 Å². The molecule has 0 saturated heterocycles. The molecular formula is C15H23ClN2OS. The van der Waals surface area contributed by atoms with Gasteiger partial charge in [0.15, 0.2) is 0 Å². The van der Waals surface area contributed by atoms with E-state index in [1.165, 1.54) is 0 Å². The summed E-state index contributed by atoms with van der Waals surface area (Å²) in [4.78, 5) is 2.71. The first kappa shape index (κ1) is 17.2. The number of rotatable bonds is 7. The zero-order valence-corrected chi connectivity index (χ0v) is 14.1. The molecule has 0 atom stereocenters. The second-order valence-corrected chi connectivity index (χ2v) is 6.13. The number of nitrogens with zero attached hydrogens (tertiary/aromatic N) is 1. The Labute approximate surface area is 132 Å². The average molecular weight is 315 g/mol. The third kappa shape index (κ3) is 4.93. The van der Waals surface area contributed by atoms with Gasteiger partial charge in [0, 0.05) is 24.2 Å². The van der Waals surface area contributed by atoms with Crippen molar-refractivity contribution in [1.82, 2.24) is 4.90 Å². The van der Waals surface area contributed by atoms with Crippen molar-refractivity contribution in [3.8, 4) is 5.75 Å². The maximum Gasteiger partial charge on any atom is 0.137 e. The van der Waals surface area contributed by atoms with Crippen LogP contribution in [0.25, 0.3) is 0 Å². The molecule has 3 nitrogen and oxygen atoms in total. The van der Waals surface area contributed by atoms with Crippen LogP contribution in [-0.2, 0) is 0 Å². The molecule has 20 heavy (non-hydrogen) atoms. The summed E-state index contributed by atoms with van der Waals surface area (Å²) in [5.74, 6) is 0.666. The van der Waals surface area contributed by atoms with Crippen molar-refractivity contribution in [3.63, 3.8) is 0 Å². The van der Waals surface area contributed by atoms with Crippen molar-refractivity contribution < 1.29 is 4.74 Å². The molecule has 5 heteroatoms. The summed E-state index contributed by atoms with van der Waals surface area (Å²) in [7, 11) is 0. The molecule has 1 aromatic rings. The maximum atomic E-state index is 6.16. The third-order valence-corrected chi connectivity index (χ3v) is 3.68. The third-order valence-electron chi connectivity index (χ3n) is 3.15. The largest absolute Gasteiger partial charge is 0.491 e. The lowest BCUT2D eigenvalue weighted by atomic mass is 10.2. The van der Waals surface area contributed by atoms with Gasteiger partial charge in [-0.2, -0.15) is 0 Å². The van der Waals surface area contributed by atoms with Crippen molar-refractivity contribution in [2.24, 2.45) is 5.73 Å². The summed E-state index contributed by atoms with van der Waals surface area (Å²) < 4.78 is 5.74. The van der Waals surface area contributed by atoms with Crippen molar-refractivity contribution in [1.29, 1.82) is 0 Å². The van der Waals surface area contributed by atoms with Crippen LogP contribution in [-0.4, -0.2) is 35.1 Å². The standard InChI is InChI=1S/C15H23ClN2OS/c1-10(2)18(11(3)4)7-8-19-14-6-5-12(15(17)20)9-13(14)16/h5-6,9-11H,7-8H2,1-4H3,(H2,17,20). The Balaban J connectivity index is 2.60. The summed E-state index contributed by atoms with van der Waals surface area (Å²) in [5, 5.41) is 0.538. The van der Waals surface area contributed by atoms with Crippen LogP contribution in [0.3, 0.4) is 0 Å². The number of nitrogens with two attached hydrogens (primary N) is 1. The Kier molecular flexibility index (Phi) is 6.72. The predicted octanol–water partition coefficient (Wildman–Crippen LogP) is 3.47. The fourth-order valence-corrected chi connectivity index (χ4v) is 2.51. The molecule has 0 unspecified atom stereocenters. The number of ether oxygens (including phenoxy) is 1. The molecule has 0 fully saturated rings. The molecule has 112 valence electrons. The molecule has 0 amide bonds. The minimum absolute atomic E-state index is 0.337. The lowest BCUT2D eigenvalue weighted by Crippen LogP contribution is -2.39.